The third kappa shape index (κ3) is 4.36. The zero-order valence-corrected chi connectivity index (χ0v) is 12.4. The summed E-state index contributed by atoms with van der Waals surface area (Å²) in [5.74, 6) is -0.339. The molecule has 21 heavy (non-hydrogen) atoms. The average molecular weight is 289 g/mol. The van der Waals surface area contributed by atoms with Crippen LogP contribution in [-0.2, 0) is 0 Å². The highest BCUT2D eigenvalue weighted by Crippen LogP contribution is 2.20. The molecule has 0 heterocycles. The molecule has 0 fully saturated rings. The van der Waals surface area contributed by atoms with Crippen LogP contribution in [0, 0.1) is 11.6 Å². The summed E-state index contributed by atoms with van der Waals surface area (Å²) in [4.78, 5) is 0. The predicted octanol–water partition coefficient (Wildman–Crippen LogP) is 4.81. The number of nitrogens with one attached hydrogen (secondary N) is 1. The first kappa shape index (κ1) is 15.6. The Kier molecular flexibility index (Phi) is 5.45. The molecule has 112 valence electrons. The van der Waals surface area contributed by atoms with Crippen LogP contribution in [0.4, 0.5) is 8.78 Å². The van der Waals surface area contributed by atoms with Crippen LogP contribution in [0.2, 0.25) is 0 Å². The van der Waals surface area contributed by atoms with Crippen LogP contribution in [0.3, 0.4) is 0 Å². The summed E-state index contributed by atoms with van der Waals surface area (Å²) in [5, 5.41) is 3.26. The van der Waals surface area contributed by atoms with Gasteiger partial charge in [0.05, 0.1) is 0 Å². The SMILES string of the molecule is CC(CCNC(C)c1cc(F)ccc1F)c1ccccc1. The van der Waals surface area contributed by atoms with Crippen molar-refractivity contribution >= 4 is 0 Å². The van der Waals surface area contributed by atoms with E-state index >= 15 is 0 Å². The molecule has 1 nitrogen and oxygen atoms in total. The van der Waals surface area contributed by atoms with E-state index in [1.165, 1.54) is 17.7 Å². The second kappa shape index (κ2) is 7.32. The van der Waals surface area contributed by atoms with Gasteiger partial charge in [-0.2, -0.15) is 0 Å². The van der Waals surface area contributed by atoms with E-state index in [0.717, 1.165) is 19.0 Å². The molecular weight excluding hydrogens is 268 g/mol. The van der Waals surface area contributed by atoms with E-state index < -0.39 is 5.82 Å². The molecule has 0 aromatic heterocycles. The van der Waals surface area contributed by atoms with Crippen molar-refractivity contribution in [1.29, 1.82) is 0 Å². The van der Waals surface area contributed by atoms with Crippen molar-refractivity contribution in [2.24, 2.45) is 0 Å². The van der Waals surface area contributed by atoms with Gasteiger partial charge in [-0.15, -0.1) is 0 Å². The van der Waals surface area contributed by atoms with Crippen LogP contribution < -0.4 is 5.32 Å². The van der Waals surface area contributed by atoms with Crippen molar-refractivity contribution in [1.82, 2.24) is 5.32 Å². The van der Waals surface area contributed by atoms with Gasteiger partial charge in [0.1, 0.15) is 11.6 Å². The molecule has 0 radical (unpaired) electrons. The van der Waals surface area contributed by atoms with Gasteiger partial charge in [-0.1, -0.05) is 37.3 Å². The Bertz CT molecular complexity index is 569. The van der Waals surface area contributed by atoms with Gasteiger partial charge >= 0.3 is 0 Å². The molecular formula is C18H21F2N. The molecule has 2 aromatic carbocycles. The molecule has 0 aliphatic carbocycles. The highest BCUT2D eigenvalue weighted by molar-refractivity contribution is 5.22. The van der Waals surface area contributed by atoms with E-state index in [2.05, 4.69) is 24.4 Å². The quantitative estimate of drug-likeness (QED) is 0.804. The van der Waals surface area contributed by atoms with Crippen molar-refractivity contribution in [3.05, 3.63) is 71.3 Å². The van der Waals surface area contributed by atoms with Gasteiger partial charge in [-0.05, 0) is 49.6 Å². The normalized spacial score (nSPS) is 13.9. The fourth-order valence-corrected chi connectivity index (χ4v) is 2.42. The van der Waals surface area contributed by atoms with Crippen LogP contribution in [0.5, 0.6) is 0 Å². The van der Waals surface area contributed by atoms with E-state index in [-0.39, 0.29) is 11.9 Å². The van der Waals surface area contributed by atoms with Gasteiger partial charge in [-0.3, -0.25) is 0 Å². The zero-order chi connectivity index (χ0) is 15.2. The van der Waals surface area contributed by atoms with Gasteiger partial charge in [0.2, 0.25) is 0 Å². The zero-order valence-electron chi connectivity index (χ0n) is 12.4. The molecule has 0 amide bonds. The number of halogens is 2. The summed E-state index contributed by atoms with van der Waals surface area (Å²) in [7, 11) is 0. The number of benzene rings is 2. The molecule has 0 bridgehead atoms. The maximum Gasteiger partial charge on any atom is 0.128 e. The Morgan fingerprint density at radius 2 is 1.71 bits per heavy atom. The van der Waals surface area contributed by atoms with E-state index in [1.807, 2.05) is 25.1 Å². The van der Waals surface area contributed by atoms with E-state index in [9.17, 15) is 8.78 Å². The van der Waals surface area contributed by atoms with Crippen molar-refractivity contribution in [2.45, 2.75) is 32.2 Å². The second-order valence-corrected chi connectivity index (χ2v) is 5.44. The molecule has 2 aromatic rings. The van der Waals surface area contributed by atoms with Gasteiger partial charge in [0.15, 0.2) is 0 Å². The lowest BCUT2D eigenvalue weighted by Gasteiger charge is -2.17. The monoisotopic (exact) mass is 289 g/mol. The fourth-order valence-electron chi connectivity index (χ4n) is 2.42. The molecule has 2 rings (SSSR count). The first-order valence-corrected chi connectivity index (χ1v) is 7.31. The minimum atomic E-state index is -0.405. The third-order valence-corrected chi connectivity index (χ3v) is 3.82. The smallest absolute Gasteiger partial charge is 0.128 e. The maximum atomic E-state index is 13.7. The largest absolute Gasteiger partial charge is 0.310 e. The standard InChI is InChI=1S/C18H21F2N/c1-13(15-6-4-3-5-7-15)10-11-21-14(2)17-12-16(19)8-9-18(17)20/h3-9,12-14,21H,10-11H2,1-2H3. The van der Waals surface area contributed by atoms with Crippen LogP contribution in [-0.4, -0.2) is 6.54 Å². The first-order valence-electron chi connectivity index (χ1n) is 7.31. The predicted molar refractivity (Wildman–Crippen MR) is 82.2 cm³/mol. The summed E-state index contributed by atoms with van der Waals surface area (Å²) in [6.07, 6.45) is 0.950. The molecule has 0 saturated carbocycles. The lowest BCUT2D eigenvalue weighted by Crippen LogP contribution is -2.22. The summed E-state index contributed by atoms with van der Waals surface area (Å²) in [6.45, 7) is 4.78. The van der Waals surface area contributed by atoms with Crippen molar-refractivity contribution in [3.8, 4) is 0 Å². The second-order valence-electron chi connectivity index (χ2n) is 5.44. The van der Waals surface area contributed by atoms with E-state index in [4.69, 9.17) is 0 Å². The molecule has 1 N–H and O–H groups in total. The van der Waals surface area contributed by atoms with Gasteiger partial charge in [-0.25, -0.2) is 8.78 Å². The lowest BCUT2D eigenvalue weighted by molar-refractivity contribution is 0.500. The summed E-state index contributed by atoms with van der Waals surface area (Å²) in [6, 6.07) is 13.7. The van der Waals surface area contributed by atoms with Gasteiger partial charge < -0.3 is 5.32 Å². The van der Waals surface area contributed by atoms with E-state index in [1.54, 1.807) is 0 Å². The third-order valence-electron chi connectivity index (χ3n) is 3.82. The molecule has 0 saturated heterocycles. The fraction of sp³-hybridized carbons (Fsp3) is 0.333. The number of hydrogen-bond donors (Lipinski definition) is 1. The summed E-state index contributed by atoms with van der Waals surface area (Å²) < 4.78 is 26.8. The van der Waals surface area contributed by atoms with Crippen LogP contribution in [0.1, 0.15) is 43.4 Å². The van der Waals surface area contributed by atoms with Crippen LogP contribution in [0.25, 0.3) is 0 Å². The Morgan fingerprint density at radius 3 is 2.43 bits per heavy atom. The Hall–Kier alpha value is -1.74. The Balaban J connectivity index is 1.87. The highest BCUT2D eigenvalue weighted by atomic mass is 19.1. The first-order chi connectivity index (χ1) is 10.1. The average Bonchev–Trinajstić information content (AvgIpc) is 2.50. The highest BCUT2D eigenvalue weighted by Gasteiger charge is 2.12. The van der Waals surface area contributed by atoms with Crippen LogP contribution >= 0.6 is 0 Å². The molecule has 2 unspecified atom stereocenters. The van der Waals surface area contributed by atoms with Crippen LogP contribution in [0.15, 0.2) is 48.5 Å². The Labute approximate surface area is 125 Å². The number of hydrogen-bond acceptors (Lipinski definition) is 1. The Morgan fingerprint density at radius 1 is 1.00 bits per heavy atom. The lowest BCUT2D eigenvalue weighted by atomic mass is 9.97. The number of rotatable bonds is 6. The van der Waals surface area contributed by atoms with Gasteiger partial charge in [0.25, 0.3) is 0 Å². The summed E-state index contributed by atoms with van der Waals surface area (Å²) in [5.41, 5.74) is 1.67. The van der Waals surface area contributed by atoms with Gasteiger partial charge in [0, 0.05) is 11.6 Å². The van der Waals surface area contributed by atoms with Crippen molar-refractivity contribution in [3.63, 3.8) is 0 Å². The minimum Gasteiger partial charge on any atom is -0.310 e. The topological polar surface area (TPSA) is 12.0 Å². The van der Waals surface area contributed by atoms with E-state index in [0.29, 0.717) is 11.5 Å². The molecule has 2 atom stereocenters. The molecule has 3 heteroatoms. The molecule has 0 spiro atoms. The van der Waals surface area contributed by atoms with Crippen molar-refractivity contribution in [2.75, 3.05) is 6.54 Å². The summed E-state index contributed by atoms with van der Waals surface area (Å²) >= 11 is 0. The molecule has 0 aliphatic heterocycles. The molecule has 0 aliphatic rings. The minimum absolute atomic E-state index is 0.205. The maximum absolute atomic E-state index is 13.7. The van der Waals surface area contributed by atoms with Crippen molar-refractivity contribution < 1.29 is 8.78 Å².